The topological polar surface area (TPSA) is 48.5 Å². The minimum atomic E-state index is -0.0994. The van der Waals surface area contributed by atoms with Crippen LogP contribution in [-0.4, -0.2) is 50.0 Å². The molecule has 5 heteroatoms. The van der Waals surface area contributed by atoms with E-state index in [1.807, 2.05) is 67.3 Å². The highest BCUT2D eigenvalue weighted by Gasteiger charge is 2.09. The summed E-state index contributed by atoms with van der Waals surface area (Å²) in [6.07, 6.45) is 3.34. The Labute approximate surface area is 131 Å². The fourth-order valence-electron chi connectivity index (χ4n) is 2.03. The molecule has 0 saturated carbocycles. The van der Waals surface area contributed by atoms with E-state index in [2.05, 4.69) is 10.3 Å². The quantitative estimate of drug-likeness (QED) is 0.887. The zero-order valence-corrected chi connectivity index (χ0v) is 13.3. The Balaban J connectivity index is 2.08. The predicted molar refractivity (Wildman–Crippen MR) is 89.6 cm³/mol. The number of rotatable bonds is 6. The summed E-state index contributed by atoms with van der Waals surface area (Å²) in [5.41, 5.74) is 2.50. The molecule has 1 amide bonds. The zero-order valence-electron chi connectivity index (χ0n) is 13.3. The summed E-state index contributed by atoms with van der Waals surface area (Å²) in [5, 5.41) is 2.90. The lowest BCUT2D eigenvalue weighted by Crippen LogP contribution is -2.31. The van der Waals surface area contributed by atoms with Gasteiger partial charge in [-0.3, -0.25) is 9.78 Å². The summed E-state index contributed by atoms with van der Waals surface area (Å²) in [5.74, 6) is -0.0994. The standard InChI is InChI=1S/C17H22N4O/c1-20(2)10-9-19-17(22)14-11-16(13-18-12-14)21(3)15-7-5-4-6-8-15/h4-8,11-13H,9-10H2,1-3H3,(H,19,22). The average molecular weight is 298 g/mol. The van der Waals surface area contributed by atoms with Gasteiger partial charge in [0.05, 0.1) is 17.4 Å². The lowest BCUT2D eigenvalue weighted by Gasteiger charge is -2.19. The summed E-state index contributed by atoms with van der Waals surface area (Å²) >= 11 is 0. The molecular weight excluding hydrogens is 276 g/mol. The van der Waals surface area contributed by atoms with Gasteiger partial charge in [-0.1, -0.05) is 18.2 Å². The molecule has 1 aromatic heterocycles. The maximum Gasteiger partial charge on any atom is 0.252 e. The minimum Gasteiger partial charge on any atom is -0.351 e. The van der Waals surface area contributed by atoms with Crippen molar-refractivity contribution in [3.63, 3.8) is 0 Å². The van der Waals surface area contributed by atoms with E-state index in [0.717, 1.165) is 17.9 Å². The third kappa shape index (κ3) is 4.30. The van der Waals surface area contributed by atoms with E-state index >= 15 is 0 Å². The number of hydrogen-bond acceptors (Lipinski definition) is 4. The van der Waals surface area contributed by atoms with Gasteiger partial charge in [0.1, 0.15) is 0 Å². The number of likely N-dealkylation sites (N-methyl/N-ethyl adjacent to an activating group) is 1. The summed E-state index contributed by atoms with van der Waals surface area (Å²) in [6, 6.07) is 11.8. The smallest absolute Gasteiger partial charge is 0.252 e. The van der Waals surface area contributed by atoms with Crippen molar-refractivity contribution in [2.75, 3.05) is 39.1 Å². The summed E-state index contributed by atoms with van der Waals surface area (Å²) in [6.45, 7) is 1.42. The molecule has 0 atom stereocenters. The second-order valence-electron chi connectivity index (χ2n) is 5.39. The number of nitrogens with one attached hydrogen (secondary N) is 1. The third-order valence-electron chi connectivity index (χ3n) is 3.36. The van der Waals surface area contributed by atoms with Gasteiger partial charge >= 0.3 is 0 Å². The molecule has 0 unspecified atom stereocenters. The van der Waals surface area contributed by atoms with Gasteiger partial charge in [-0.15, -0.1) is 0 Å². The van der Waals surface area contributed by atoms with E-state index in [-0.39, 0.29) is 5.91 Å². The molecule has 0 bridgehead atoms. The molecule has 0 aliphatic heterocycles. The lowest BCUT2D eigenvalue weighted by molar-refractivity contribution is 0.0950. The van der Waals surface area contributed by atoms with Crippen molar-refractivity contribution < 1.29 is 4.79 Å². The number of hydrogen-bond donors (Lipinski definition) is 1. The molecule has 0 radical (unpaired) electrons. The first kappa shape index (κ1) is 16.0. The first-order valence-corrected chi connectivity index (χ1v) is 7.24. The molecule has 0 aliphatic carbocycles. The van der Waals surface area contributed by atoms with Crippen LogP contribution in [0.2, 0.25) is 0 Å². The minimum absolute atomic E-state index is 0.0994. The van der Waals surface area contributed by atoms with Gasteiger partial charge in [-0.2, -0.15) is 0 Å². The van der Waals surface area contributed by atoms with Crippen LogP contribution in [-0.2, 0) is 0 Å². The van der Waals surface area contributed by atoms with Crippen molar-refractivity contribution >= 4 is 17.3 Å². The van der Waals surface area contributed by atoms with Crippen LogP contribution in [0.25, 0.3) is 0 Å². The van der Waals surface area contributed by atoms with Gasteiger partial charge in [-0.05, 0) is 32.3 Å². The van der Waals surface area contributed by atoms with Crippen LogP contribution in [0.15, 0.2) is 48.8 Å². The molecule has 2 aromatic rings. The molecule has 1 aromatic carbocycles. The molecule has 2 rings (SSSR count). The molecule has 116 valence electrons. The van der Waals surface area contributed by atoms with E-state index in [4.69, 9.17) is 0 Å². The van der Waals surface area contributed by atoms with Crippen molar-refractivity contribution in [2.24, 2.45) is 0 Å². The molecule has 0 saturated heterocycles. The Kier molecular flexibility index (Phi) is 5.49. The van der Waals surface area contributed by atoms with Gasteiger partial charge in [0.2, 0.25) is 0 Å². The second kappa shape index (κ2) is 7.56. The van der Waals surface area contributed by atoms with Crippen LogP contribution in [0.5, 0.6) is 0 Å². The summed E-state index contributed by atoms with van der Waals surface area (Å²) < 4.78 is 0. The number of amides is 1. The average Bonchev–Trinajstić information content (AvgIpc) is 2.54. The normalized spacial score (nSPS) is 10.5. The predicted octanol–water partition coefficient (Wildman–Crippen LogP) is 2.14. The lowest BCUT2D eigenvalue weighted by atomic mass is 10.2. The number of benzene rings is 1. The first-order chi connectivity index (χ1) is 10.6. The molecule has 22 heavy (non-hydrogen) atoms. The molecule has 0 fully saturated rings. The highest BCUT2D eigenvalue weighted by Crippen LogP contribution is 2.22. The largest absolute Gasteiger partial charge is 0.351 e. The number of nitrogens with zero attached hydrogens (tertiary/aromatic N) is 3. The van der Waals surface area contributed by atoms with Crippen molar-refractivity contribution in [3.8, 4) is 0 Å². The Morgan fingerprint density at radius 1 is 1.09 bits per heavy atom. The van der Waals surface area contributed by atoms with Crippen LogP contribution < -0.4 is 10.2 Å². The van der Waals surface area contributed by atoms with E-state index in [9.17, 15) is 4.79 Å². The van der Waals surface area contributed by atoms with Gasteiger partial charge < -0.3 is 15.1 Å². The number of pyridine rings is 1. The summed E-state index contributed by atoms with van der Waals surface area (Å²) in [4.78, 5) is 20.4. The van der Waals surface area contributed by atoms with E-state index < -0.39 is 0 Å². The van der Waals surface area contributed by atoms with Gasteiger partial charge in [0.15, 0.2) is 0 Å². The summed E-state index contributed by atoms with van der Waals surface area (Å²) in [7, 11) is 5.91. The third-order valence-corrected chi connectivity index (χ3v) is 3.36. The fraction of sp³-hybridized carbons (Fsp3) is 0.294. The Morgan fingerprint density at radius 2 is 1.82 bits per heavy atom. The zero-order chi connectivity index (χ0) is 15.9. The van der Waals surface area contributed by atoms with Gasteiger partial charge in [0, 0.05) is 32.0 Å². The number of carbonyl (C=O) groups excluding carboxylic acids is 1. The van der Waals surface area contributed by atoms with Crippen molar-refractivity contribution in [1.29, 1.82) is 0 Å². The monoisotopic (exact) mass is 298 g/mol. The van der Waals surface area contributed by atoms with Crippen molar-refractivity contribution in [2.45, 2.75) is 0 Å². The van der Waals surface area contributed by atoms with Gasteiger partial charge in [-0.25, -0.2) is 0 Å². The highest BCUT2D eigenvalue weighted by molar-refractivity contribution is 5.94. The molecule has 1 N–H and O–H groups in total. The maximum atomic E-state index is 12.1. The van der Waals surface area contributed by atoms with Crippen LogP contribution in [0, 0.1) is 0 Å². The van der Waals surface area contributed by atoms with Crippen LogP contribution in [0.4, 0.5) is 11.4 Å². The van der Waals surface area contributed by atoms with Crippen LogP contribution in [0.3, 0.4) is 0 Å². The molecule has 0 spiro atoms. The van der Waals surface area contributed by atoms with E-state index in [1.165, 1.54) is 0 Å². The van der Waals surface area contributed by atoms with E-state index in [0.29, 0.717) is 12.1 Å². The first-order valence-electron chi connectivity index (χ1n) is 7.24. The maximum absolute atomic E-state index is 12.1. The molecule has 5 nitrogen and oxygen atoms in total. The number of aromatic nitrogens is 1. The van der Waals surface area contributed by atoms with E-state index in [1.54, 1.807) is 12.4 Å². The second-order valence-corrected chi connectivity index (χ2v) is 5.39. The highest BCUT2D eigenvalue weighted by atomic mass is 16.1. The van der Waals surface area contributed by atoms with Crippen molar-refractivity contribution in [1.82, 2.24) is 15.2 Å². The number of carbonyl (C=O) groups is 1. The van der Waals surface area contributed by atoms with Gasteiger partial charge in [0.25, 0.3) is 5.91 Å². The molecular formula is C17H22N4O. The number of anilines is 2. The SMILES string of the molecule is CN(C)CCNC(=O)c1cncc(N(C)c2ccccc2)c1. The van der Waals surface area contributed by atoms with Crippen LogP contribution >= 0.6 is 0 Å². The Hall–Kier alpha value is -2.40. The van der Waals surface area contributed by atoms with Crippen molar-refractivity contribution in [3.05, 3.63) is 54.4 Å². The van der Waals surface area contributed by atoms with Crippen LogP contribution in [0.1, 0.15) is 10.4 Å². The Bertz CT molecular complexity index is 613. The Morgan fingerprint density at radius 3 is 2.50 bits per heavy atom. The molecule has 1 heterocycles. The molecule has 0 aliphatic rings. The fourth-order valence-corrected chi connectivity index (χ4v) is 2.03. The number of para-hydroxylation sites is 1.